The molecule has 5 heteroatoms. The predicted octanol–water partition coefficient (Wildman–Crippen LogP) is 1.95. The number of unbranched alkanes of at least 4 members (excludes halogenated alkanes) is 1. The topological polar surface area (TPSA) is 63.6 Å². The molecule has 1 N–H and O–H groups in total. The van der Waals surface area contributed by atoms with Gasteiger partial charge in [0.25, 0.3) is 0 Å². The molecule has 0 radical (unpaired) electrons. The van der Waals surface area contributed by atoms with E-state index in [9.17, 15) is 9.36 Å². The minimum atomic E-state index is -1.64. The molecule has 0 aromatic carbocycles. The number of carbonyl (C=O) groups is 1. The SMILES string of the molecule is CCCCOC(=O)C(C)O.CP(C)(C)=O. The van der Waals surface area contributed by atoms with Gasteiger partial charge >= 0.3 is 5.97 Å². The molecule has 0 spiro atoms. The standard InChI is InChI=1S/C7H14O3.C3H9OP/c1-3-4-5-10-7(9)6(2)8;1-5(2,3)4/h6,8H,3-5H2,1-2H3;1-3H3. The first-order valence-electron chi connectivity index (χ1n) is 5.05. The van der Waals surface area contributed by atoms with Crippen LogP contribution in [0.5, 0.6) is 0 Å². The fraction of sp³-hybridized carbons (Fsp3) is 0.900. The van der Waals surface area contributed by atoms with E-state index in [4.69, 9.17) is 5.11 Å². The molecule has 15 heavy (non-hydrogen) atoms. The van der Waals surface area contributed by atoms with Crippen LogP contribution in [-0.4, -0.2) is 43.8 Å². The van der Waals surface area contributed by atoms with Crippen LogP contribution in [0.25, 0.3) is 0 Å². The highest BCUT2D eigenvalue weighted by Gasteiger charge is 2.08. The number of hydrogen-bond acceptors (Lipinski definition) is 4. The molecule has 0 saturated heterocycles. The Balaban J connectivity index is 0. The van der Waals surface area contributed by atoms with Crippen molar-refractivity contribution in [2.45, 2.75) is 32.8 Å². The maximum Gasteiger partial charge on any atom is 0.334 e. The second kappa shape index (κ2) is 8.93. The highest BCUT2D eigenvalue weighted by atomic mass is 31.2. The Morgan fingerprint density at radius 3 is 2.07 bits per heavy atom. The molecule has 0 aromatic rings. The van der Waals surface area contributed by atoms with E-state index in [1.807, 2.05) is 6.92 Å². The summed E-state index contributed by atoms with van der Waals surface area (Å²) in [6, 6.07) is 0. The van der Waals surface area contributed by atoms with Crippen molar-refractivity contribution in [3.8, 4) is 0 Å². The fourth-order valence-corrected chi connectivity index (χ4v) is 0.438. The van der Waals surface area contributed by atoms with Gasteiger partial charge in [0.05, 0.1) is 13.7 Å². The smallest absolute Gasteiger partial charge is 0.334 e. The zero-order chi connectivity index (χ0) is 12.5. The van der Waals surface area contributed by atoms with Crippen molar-refractivity contribution < 1.29 is 19.2 Å². The number of esters is 1. The van der Waals surface area contributed by atoms with Crippen molar-refractivity contribution in [3.05, 3.63) is 0 Å². The van der Waals surface area contributed by atoms with Gasteiger partial charge in [-0.2, -0.15) is 0 Å². The highest BCUT2D eigenvalue weighted by Crippen LogP contribution is 2.28. The summed E-state index contributed by atoms with van der Waals surface area (Å²) in [4.78, 5) is 10.5. The third kappa shape index (κ3) is 24.8. The van der Waals surface area contributed by atoms with Crippen molar-refractivity contribution >= 4 is 13.1 Å². The van der Waals surface area contributed by atoms with Gasteiger partial charge < -0.3 is 14.4 Å². The van der Waals surface area contributed by atoms with E-state index in [-0.39, 0.29) is 0 Å². The molecular weight excluding hydrogens is 215 g/mol. The maximum atomic E-state index is 10.5. The Morgan fingerprint density at radius 2 is 1.80 bits per heavy atom. The van der Waals surface area contributed by atoms with Gasteiger partial charge in [0.1, 0.15) is 6.10 Å². The van der Waals surface area contributed by atoms with Crippen LogP contribution in [-0.2, 0) is 14.1 Å². The summed E-state index contributed by atoms with van der Waals surface area (Å²) in [6.45, 7) is 9.05. The first-order chi connectivity index (χ1) is 6.68. The maximum absolute atomic E-state index is 10.5. The van der Waals surface area contributed by atoms with E-state index in [0.717, 1.165) is 12.8 Å². The summed E-state index contributed by atoms with van der Waals surface area (Å²) in [5.74, 6) is -0.534. The Bertz CT molecular complexity index is 199. The Hall–Kier alpha value is -0.340. The van der Waals surface area contributed by atoms with Crippen LogP contribution < -0.4 is 0 Å². The number of ether oxygens (including phenoxy) is 1. The number of rotatable bonds is 4. The summed E-state index contributed by atoms with van der Waals surface area (Å²) in [5.41, 5.74) is 0. The Kier molecular flexibility index (Phi) is 10.2. The molecule has 0 fully saturated rings. The summed E-state index contributed by atoms with van der Waals surface area (Å²) >= 11 is 0. The van der Waals surface area contributed by atoms with Crippen LogP contribution in [0.15, 0.2) is 0 Å². The van der Waals surface area contributed by atoms with Crippen LogP contribution >= 0.6 is 7.14 Å². The highest BCUT2D eigenvalue weighted by molar-refractivity contribution is 7.61. The van der Waals surface area contributed by atoms with Crippen LogP contribution in [0.2, 0.25) is 0 Å². The lowest BCUT2D eigenvalue weighted by Gasteiger charge is -2.04. The van der Waals surface area contributed by atoms with Gasteiger partial charge in [-0.15, -0.1) is 0 Å². The van der Waals surface area contributed by atoms with Crippen LogP contribution in [0.4, 0.5) is 0 Å². The van der Waals surface area contributed by atoms with E-state index >= 15 is 0 Å². The molecule has 0 amide bonds. The molecule has 1 unspecified atom stereocenters. The van der Waals surface area contributed by atoms with E-state index < -0.39 is 19.2 Å². The van der Waals surface area contributed by atoms with Crippen LogP contribution in [0.1, 0.15) is 26.7 Å². The molecule has 1 atom stereocenters. The predicted molar refractivity (Wildman–Crippen MR) is 62.9 cm³/mol. The average Bonchev–Trinajstić information content (AvgIpc) is 2.01. The van der Waals surface area contributed by atoms with Gasteiger partial charge in [0, 0.05) is 0 Å². The van der Waals surface area contributed by atoms with Gasteiger partial charge in [-0.3, -0.25) is 0 Å². The minimum absolute atomic E-state index is 0.417. The monoisotopic (exact) mass is 238 g/mol. The van der Waals surface area contributed by atoms with Crippen molar-refractivity contribution in [1.29, 1.82) is 0 Å². The lowest BCUT2D eigenvalue weighted by Crippen LogP contribution is -2.19. The molecule has 0 saturated carbocycles. The summed E-state index contributed by atoms with van der Waals surface area (Å²) < 4.78 is 14.9. The molecule has 0 aliphatic heterocycles. The summed E-state index contributed by atoms with van der Waals surface area (Å²) in [6.07, 6.45) is 0.864. The first-order valence-corrected chi connectivity index (χ1v) is 8.10. The lowest BCUT2D eigenvalue weighted by molar-refractivity contribution is -0.152. The second-order valence-corrected chi connectivity index (χ2v) is 7.87. The zero-order valence-electron chi connectivity index (χ0n) is 10.3. The van der Waals surface area contributed by atoms with Gasteiger partial charge in [0.2, 0.25) is 0 Å². The minimum Gasteiger partial charge on any atom is -0.464 e. The van der Waals surface area contributed by atoms with E-state index in [0.29, 0.717) is 6.61 Å². The molecule has 0 aliphatic carbocycles. The third-order valence-electron chi connectivity index (χ3n) is 1.08. The van der Waals surface area contributed by atoms with Crippen molar-refractivity contribution in [2.75, 3.05) is 26.6 Å². The molecule has 0 bridgehead atoms. The van der Waals surface area contributed by atoms with Crippen LogP contribution in [0, 0.1) is 0 Å². The Morgan fingerprint density at radius 1 is 1.40 bits per heavy atom. The molecular formula is C10H23O4P. The van der Waals surface area contributed by atoms with Gasteiger partial charge in [-0.25, -0.2) is 4.79 Å². The molecule has 4 nitrogen and oxygen atoms in total. The number of hydrogen-bond donors (Lipinski definition) is 1. The second-order valence-electron chi connectivity index (χ2n) is 4.09. The molecule has 0 aliphatic rings. The third-order valence-corrected chi connectivity index (χ3v) is 1.08. The molecule has 0 aromatic heterocycles. The number of carbonyl (C=O) groups excluding carboxylic acids is 1. The van der Waals surface area contributed by atoms with Crippen LogP contribution in [0.3, 0.4) is 0 Å². The number of aliphatic hydroxyl groups excluding tert-OH is 1. The van der Waals surface area contributed by atoms with Gasteiger partial charge in [-0.1, -0.05) is 13.3 Å². The average molecular weight is 238 g/mol. The van der Waals surface area contributed by atoms with Crippen molar-refractivity contribution in [2.24, 2.45) is 0 Å². The van der Waals surface area contributed by atoms with E-state index in [1.165, 1.54) is 6.92 Å². The number of aliphatic hydroxyl groups is 1. The lowest BCUT2D eigenvalue weighted by atomic mass is 10.3. The first kappa shape index (κ1) is 17.1. The zero-order valence-corrected chi connectivity index (χ0v) is 11.2. The van der Waals surface area contributed by atoms with Gasteiger partial charge in [-0.05, 0) is 33.3 Å². The van der Waals surface area contributed by atoms with E-state index in [1.54, 1.807) is 20.0 Å². The summed E-state index contributed by atoms with van der Waals surface area (Å²) in [5, 5.41) is 8.65. The quantitative estimate of drug-likeness (QED) is 0.462. The van der Waals surface area contributed by atoms with E-state index in [2.05, 4.69) is 4.74 Å². The molecule has 92 valence electrons. The van der Waals surface area contributed by atoms with Crippen molar-refractivity contribution in [3.63, 3.8) is 0 Å². The fourth-order valence-electron chi connectivity index (χ4n) is 0.438. The van der Waals surface area contributed by atoms with Crippen molar-refractivity contribution in [1.82, 2.24) is 0 Å². The molecule has 0 rings (SSSR count). The largest absolute Gasteiger partial charge is 0.464 e. The summed E-state index contributed by atoms with van der Waals surface area (Å²) in [7, 11) is -1.64. The normalized spacial score (nSPS) is 12.4. The molecule has 0 heterocycles. The Labute approximate surface area is 92.4 Å². The van der Waals surface area contributed by atoms with Gasteiger partial charge in [0.15, 0.2) is 0 Å².